The molecule has 4 aromatic carbocycles. The summed E-state index contributed by atoms with van der Waals surface area (Å²) >= 11 is 2.32. The molecule has 0 bridgehead atoms. The van der Waals surface area contributed by atoms with Gasteiger partial charge in [-0.25, -0.2) is 0 Å². The van der Waals surface area contributed by atoms with E-state index in [9.17, 15) is 0 Å². The Bertz CT molecular complexity index is 1430. The monoisotopic (exact) mass is 642 g/mol. The van der Waals surface area contributed by atoms with Crippen molar-refractivity contribution >= 4 is 40.2 Å². The van der Waals surface area contributed by atoms with E-state index in [1.807, 2.05) is 12.3 Å². The predicted molar refractivity (Wildman–Crippen MR) is 173 cm³/mol. The molecule has 40 heavy (non-hydrogen) atoms. The van der Waals surface area contributed by atoms with Crippen molar-refractivity contribution in [2.24, 2.45) is 4.99 Å². The zero-order valence-electron chi connectivity index (χ0n) is 23.1. The van der Waals surface area contributed by atoms with Crippen molar-refractivity contribution < 1.29 is 9.47 Å². The second kappa shape index (κ2) is 12.0. The maximum atomic E-state index is 5.96. The Balaban J connectivity index is 1.44. The summed E-state index contributed by atoms with van der Waals surface area (Å²) in [5, 5.41) is 0. The van der Waals surface area contributed by atoms with E-state index in [0.29, 0.717) is 18.4 Å². The van der Waals surface area contributed by atoms with Gasteiger partial charge in [0, 0.05) is 36.8 Å². The molecule has 2 aliphatic rings. The Morgan fingerprint density at radius 2 is 1.48 bits per heavy atom. The van der Waals surface area contributed by atoms with Gasteiger partial charge in [-0.3, -0.25) is 4.99 Å². The smallest absolute Gasteiger partial charge is 0.174 e. The Labute approximate surface area is 251 Å². The predicted octanol–water partition coefficient (Wildman–Crippen LogP) is 8.72. The zero-order valence-corrected chi connectivity index (χ0v) is 25.3. The van der Waals surface area contributed by atoms with Crippen LogP contribution in [0.2, 0.25) is 0 Å². The van der Waals surface area contributed by atoms with Crippen LogP contribution in [0.5, 0.6) is 11.5 Å². The Hall–Kier alpha value is -3.32. The van der Waals surface area contributed by atoms with Crippen LogP contribution in [0.4, 0.5) is 11.4 Å². The molecule has 0 amide bonds. The van der Waals surface area contributed by atoms with Crippen molar-refractivity contribution in [1.82, 2.24) is 0 Å². The molecule has 0 saturated heterocycles. The van der Waals surface area contributed by atoms with Crippen LogP contribution in [0.25, 0.3) is 0 Å². The van der Waals surface area contributed by atoms with E-state index in [2.05, 4.69) is 113 Å². The first-order valence-electron chi connectivity index (χ1n) is 14.2. The standard InChI is InChI=1S/C35H35IN2O2/c1-3-18-40-35-32(36)19-24(20-33(35)39-2)23-37-27-21-30-28(25-10-6-4-7-11-25)14-16-38-17-15-29(31(22-27)34(30)38)26-12-8-5-9-13-26/h4-13,19-23,28-29H,3,14-18H2,1-2H3/t28-,29+. The van der Waals surface area contributed by atoms with Gasteiger partial charge >= 0.3 is 0 Å². The summed E-state index contributed by atoms with van der Waals surface area (Å²) in [5.41, 5.74) is 8.99. The summed E-state index contributed by atoms with van der Waals surface area (Å²) in [6.45, 7) is 4.96. The number of anilines is 1. The second-order valence-corrected chi connectivity index (χ2v) is 11.8. The molecule has 2 atom stereocenters. The van der Waals surface area contributed by atoms with Crippen LogP contribution < -0.4 is 14.4 Å². The first kappa shape index (κ1) is 26.9. The molecule has 5 heteroatoms. The van der Waals surface area contributed by atoms with Gasteiger partial charge in [0.1, 0.15) is 0 Å². The number of hydrogen-bond donors (Lipinski definition) is 0. The highest BCUT2D eigenvalue weighted by atomic mass is 127. The second-order valence-electron chi connectivity index (χ2n) is 10.6. The van der Waals surface area contributed by atoms with Crippen LogP contribution in [0.15, 0.2) is 89.9 Å². The van der Waals surface area contributed by atoms with Gasteiger partial charge < -0.3 is 14.4 Å². The normalized spacial score (nSPS) is 18.0. The lowest BCUT2D eigenvalue weighted by molar-refractivity contribution is 0.292. The molecule has 0 aliphatic carbocycles. The largest absolute Gasteiger partial charge is 0.493 e. The van der Waals surface area contributed by atoms with Gasteiger partial charge in [0.2, 0.25) is 0 Å². The molecule has 0 radical (unpaired) electrons. The number of hydrogen-bond acceptors (Lipinski definition) is 4. The van der Waals surface area contributed by atoms with Crippen LogP contribution in [0.3, 0.4) is 0 Å². The number of nitrogens with zero attached hydrogens (tertiary/aromatic N) is 2. The zero-order chi connectivity index (χ0) is 27.5. The van der Waals surface area contributed by atoms with E-state index in [1.165, 1.54) is 27.9 Å². The molecule has 0 N–H and O–H groups in total. The number of benzene rings is 4. The highest BCUT2D eigenvalue weighted by Crippen LogP contribution is 2.50. The van der Waals surface area contributed by atoms with Crippen LogP contribution >= 0.6 is 22.6 Å². The lowest BCUT2D eigenvalue weighted by Gasteiger charge is -2.43. The summed E-state index contributed by atoms with van der Waals surface area (Å²) in [6, 6.07) is 30.7. The van der Waals surface area contributed by atoms with Gasteiger partial charge in [-0.1, -0.05) is 67.6 Å². The summed E-state index contributed by atoms with van der Waals surface area (Å²) < 4.78 is 12.7. The minimum atomic E-state index is 0.368. The van der Waals surface area contributed by atoms with E-state index in [4.69, 9.17) is 14.5 Å². The average Bonchev–Trinajstić information content (AvgIpc) is 3.00. The third-order valence-electron chi connectivity index (χ3n) is 8.06. The van der Waals surface area contributed by atoms with Crippen molar-refractivity contribution in [1.29, 1.82) is 0 Å². The molecule has 0 spiro atoms. The van der Waals surface area contributed by atoms with Crippen molar-refractivity contribution in [3.8, 4) is 11.5 Å². The van der Waals surface area contributed by atoms with Crippen molar-refractivity contribution in [2.45, 2.75) is 38.0 Å². The van der Waals surface area contributed by atoms with E-state index in [-0.39, 0.29) is 0 Å². The summed E-state index contributed by atoms with van der Waals surface area (Å²) in [7, 11) is 1.69. The first-order chi connectivity index (χ1) is 19.7. The maximum absolute atomic E-state index is 5.96. The number of rotatable bonds is 8. The number of aliphatic imine (C=N–C) groups is 1. The molecule has 204 valence electrons. The Kier molecular flexibility index (Phi) is 8.10. The highest BCUT2D eigenvalue weighted by molar-refractivity contribution is 14.1. The molecule has 4 aromatic rings. The molecule has 0 aromatic heterocycles. The Morgan fingerprint density at radius 3 is 2.02 bits per heavy atom. The molecular formula is C35H35IN2O2. The molecule has 6 rings (SSSR count). The van der Waals surface area contributed by atoms with Crippen molar-refractivity contribution in [3.05, 3.63) is 116 Å². The van der Waals surface area contributed by atoms with Crippen molar-refractivity contribution in [2.75, 3.05) is 31.7 Å². The quantitative estimate of drug-likeness (QED) is 0.143. The number of halogens is 1. The first-order valence-corrected chi connectivity index (χ1v) is 15.3. The van der Waals surface area contributed by atoms with E-state index >= 15 is 0 Å². The summed E-state index contributed by atoms with van der Waals surface area (Å²) in [5.74, 6) is 2.28. The van der Waals surface area contributed by atoms with E-state index in [1.54, 1.807) is 7.11 Å². The molecule has 0 fully saturated rings. The van der Waals surface area contributed by atoms with Gasteiger partial charge in [0.05, 0.1) is 23.0 Å². The molecule has 2 heterocycles. The van der Waals surface area contributed by atoms with E-state index in [0.717, 1.165) is 58.7 Å². The third-order valence-corrected chi connectivity index (χ3v) is 8.87. The number of methoxy groups -OCH3 is 1. The van der Waals surface area contributed by atoms with Crippen LogP contribution in [0.1, 0.15) is 65.8 Å². The summed E-state index contributed by atoms with van der Waals surface area (Å²) in [4.78, 5) is 7.67. The fourth-order valence-electron chi connectivity index (χ4n) is 6.22. The molecule has 0 unspecified atom stereocenters. The molecular weight excluding hydrogens is 607 g/mol. The van der Waals surface area contributed by atoms with Gasteiger partial charge in [0.15, 0.2) is 11.5 Å². The van der Waals surface area contributed by atoms with Crippen LogP contribution in [0, 0.1) is 3.57 Å². The highest BCUT2D eigenvalue weighted by Gasteiger charge is 2.35. The molecule has 2 aliphatic heterocycles. The topological polar surface area (TPSA) is 34.1 Å². The maximum Gasteiger partial charge on any atom is 0.174 e. The minimum absolute atomic E-state index is 0.368. The van der Waals surface area contributed by atoms with Gasteiger partial charge in [0.25, 0.3) is 0 Å². The molecule has 0 saturated carbocycles. The van der Waals surface area contributed by atoms with E-state index < -0.39 is 0 Å². The van der Waals surface area contributed by atoms with Crippen LogP contribution in [-0.4, -0.2) is 33.0 Å². The lowest BCUT2D eigenvalue weighted by Crippen LogP contribution is -2.37. The molecule has 4 nitrogen and oxygen atoms in total. The van der Waals surface area contributed by atoms with Gasteiger partial charge in [-0.2, -0.15) is 0 Å². The minimum Gasteiger partial charge on any atom is -0.493 e. The van der Waals surface area contributed by atoms with Gasteiger partial charge in [-0.05, 0) is 93.9 Å². The summed E-state index contributed by atoms with van der Waals surface area (Å²) in [6.07, 6.45) is 5.15. The third kappa shape index (κ3) is 5.36. The fourth-order valence-corrected chi connectivity index (χ4v) is 7.00. The average molecular weight is 643 g/mol. The van der Waals surface area contributed by atoms with Crippen molar-refractivity contribution in [3.63, 3.8) is 0 Å². The SMILES string of the molecule is CCCOc1c(I)cc(C=Nc2cc3c4c(c2)[C@H](c2ccccc2)CCN4CC[C@@H]3c2ccccc2)cc1OC. The lowest BCUT2D eigenvalue weighted by atomic mass is 9.76. The van der Waals surface area contributed by atoms with Crippen LogP contribution in [-0.2, 0) is 0 Å². The fraction of sp³-hybridized carbons (Fsp3) is 0.286. The Morgan fingerprint density at radius 1 is 0.875 bits per heavy atom. The number of ether oxygens (including phenoxy) is 2. The van der Waals surface area contributed by atoms with Gasteiger partial charge in [-0.15, -0.1) is 0 Å².